The molecule has 0 N–H and O–H groups in total. The predicted octanol–water partition coefficient (Wildman–Crippen LogP) is 5.97. The molecule has 2 heterocycles. The second-order valence-electron chi connectivity index (χ2n) is 9.69. The Hall–Kier alpha value is -5.02. The summed E-state index contributed by atoms with van der Waals surface area (Å²) in [5.41, 5.74) is 3.34. The molecule has 0 saturated heterocycles. The zero-order chi connectivity index (χ0) is 29.7. The fourth-order valence-electron chi connectivity index (χ4n) is 4.53. The fraction of sp³-hybridized carbons (Fsp3) is 0.235. The van der Waals surface area contributed by atoms with Crippen LogP contribution in [0.5, 0.6) is 23.0 Å². The number of imidazole rings is 1. The predicted molar refractivity (Wildman–Crippen MR) is 165 cm³/mol. The van der Waals surface area contributed by atoms with Gasteiger partial charge in [0.05, 0.1) is 40.0 Å². The lowest BCUT2D eigenvalue weighted by atomic mass is 10.1. The van der Waals surface area contributed by atoms with Crippen LogP contribution in [0.15, 0.2) is 110 Å². The summed E-state index contributed by atoms with van der Waals surface area (Å²) < 4.78 is 29.9. The maximum absolute atomic E-state index is 5.87. The quantitative estimate of drug-likeness (QED) is 0.132. The van der Waals surface area contributed by atoms with Gasteiger partial charge in [-0.25, -0.2) is 9.97 Å². The summed E-state index contributed by atoms with van der Waals surface area (Å²) in [7, 11) is 3.31. The summed E-state index contributed by atoms with van der Waals surface area (Å²) in [6.07, 6.45) is 7.27. The summed E-state index contributed by atoms with van der Waals surface area (Å²) in [4.78, 5) is 11.2. The molecule has 0 fully saturated rings. The van der Waals surface area contributed by atoms with Crippen molar-refractivity contribution in [1.29, 1.82) is 0 Å². The van der Waals surface area contributed by atoms with Gasteiger partial charge in [-0.1, -0.05) is 30.3 Å². The molecule has 0 aliphatic rings. The Kier molecular flexibility index (Phi) is 10.5. The van der Waals surface area contributed by atoms with E-state index in [-0.39, 0.29) is 0 Å². The zero-order valence-corrected chi connectivity index (χ0v) is 24.5. The molecular weight excluding hydrogens is 544 g/mol. The Morgan fingerprint density at radius 2 is 1.35 bits per heavy atom. The van der Waals surface area contributed by atoms with Crippen LogP contribution < -0.4 is 23.8 Å². The number of methoxy groups -OCH3 is 2. The van der Waals surface area contributed by atoms with Crippen LogP contribution in [0.2, 0.25) is 0 Å². The van der Waals surface area contributed by atoms with Crippen LogP contribution in [0.25, 0.3) is 5.69 Å². The first-order valence-corrected chi connectivity index (χ1v) is 14.1. The molecule has 0 amide bonds. The number of anilines is 1. The van der Waals surface area contributed by atoms with Gasteiger partial charge in [0.15, 0.2) is 0 Å². The lowest BCUT2D eigenvalue weighted by molar-refractivity contribution is 0.0763. The third kappa shape index (κ3) is 8.73. The van der Waals surface area contributed by atoms with Crippen molar-refractivity contribution in [2.24, 2.45) is 0 Å². The van der Waals surface area contributed by atoms with Gasteiger partial charge in [-0.3, -0.25) is 0 Å². The van der Waals surface area contributed by atoms with Gasteiger partial charge in [-0.05, 0) is 59.7 Å². The van der Waals surface area contributed by atoms with Crippen molar-refractivity contribution < 1.29 is 23.7 Å². The van der Waals surface area contributed by atoms with Crippen molar-refractivity contribution in [2.45, 2.75) is 13.1 Å². The van der Waals surface area contributed by atoms with Gasteiger partial charge in [0, 0.05) is 37.2 Å². The SMILES string of the molecule is COc1cccc(CN(Cc2cccc(-n3ccnc3)c2)c2ccc(OCCOCCOc3cccc(OC)c3)cn2)c1. The molecule has 0 aliphatic carbocycles. The molecule has 222 valence electrons. The van der Waals surface area contributed by atoms with E-state index in [0.717, 1.165) is 39.9 Å². The van der Waals surface area contributed by atoms with Gasteiger partial charge in [0.25, 0.3) is 0 Å². The second kappa shape index (κ2) is 15.3. The summed E-state index contributed by atoms with van der Waals surface area (Å²) in [6.45, 7) is 3.08. The standard InChI is InChI=1S/C34H36N4O5/c1-39-30-9-4-7-28(21-30)25-38(24-27-6-3-8-29(20-27)37-15-14-35-26-37)34-13-12-33(23-36-34)43-19-17-41-16-18-42-32-11-5-10-31(22-32)40-2/h3-15,20-23,26H,16-19,24-25H2,1-2H3. The van der Waals surface area contributed by atoms with Gasteiger partial charge in [-0.2, -0.15) is 0 Å². The Morgan fingerprint density at radius 3 is 2.05 bits per heavy atom. The smallest absolute Gasteiger partial charge is 0.137 e. The fourth-order valence-corrected chi connectivity index (χ4v) is 4.53. The molecule has 3 aromatic carbocycles. The number of hydrogen-bond donors (Lipinski definition) is 0. The van der Waals surface area contributed by atoms with Gasteiger partial charge in [0.2, 0.25) is 0 Å². The molecule has 0 bridgehead atoms. The minimum absolute atomic E-state index is 0.411. The van der Waals surface area contributed by atoms with Crippen molar-refractivity contribution in [3.8, 4) is 28.7 Å². The van der Waals surface area contributed by atoms with Crippen LogP contribution in [0.4, 0.5) is 5.82 Å². The van der Waals surface area contributed by atoms with Gasteiger partial charge >= 0.3 is 0 Å². The normalized spacial score (nSPS) is 10.7. The van der Waals surface area contributed by atoms with Crippen LogP contribution in [-0.4, -0.2) is 55.2 Å². The Balaban J connectivity index is 1.16. The van der Waals surface area contributed by atoms with E-state index in [1.807, 2.05) is 65.4 Å². The molecule has 5 rings (SSSR count). The minimum atomic E-state index is 0.411. The van der Waals surface area contributed by atoms with Crippen LogP contribution in [0, 0.1) is 0 Å². The number of ether oxygens (including phenoxy) is 5. The van der Waals surface area contributed by atoms with Crippen molar-refractivity contribution >= 4 is 5.82 Å². The highest BCUT2D eigenvalue weighted by atomic mass is 16.5. The average molecular weight is 581 g/mol. The summed E-state index contributed by atoms with van der Waals surface area (Å²) in [5.74, 6) is 3.86. The lowest BCUT2D eigenvalue weighted by Crippen LogP contribution is -2.23. The van der Waals surface area contributed by atoms with Crippen molar-refractivity contribution in [3.63, 3.8) is 0 Å². The number of pyridine rings is 1. The zero-order valence-electron chi connectivity index (χ0n) is 24.5. The summed E-state index contributed by atoms with van der Waals surface area (Å²) in [6, 6.07) is 27.9. The molecule has 5 aromatic rings. The average Bonchev–Trinajstić information content (AvgIpc) is 3.60. The molecule has 9 nitrogen and oxygen atoms in total. The summed E-state index contributed by atoms with van der Waals surface area (Å²) in [5, 5.41) is 0. The van der Waals surface area contributed by atoms with E-state index in [9.17, 15) is 0 Å². The van der Waals surface area contributed by atoms with Crippen molar-refractivity contribution in [1.82, 2.24) is 14.5 Å². The maximum Gasteiger partial charge on any atom is 0.137 e. The van der Waals surface area contributed by atoms with E-state index >= 15 is 0 Å². The lowest BCUT2D eigenvalue weighted by Gasteiger charge is -2.25. The summed E-state index contributed by atoms with van der Waals surface area (Å²) >= 11 is 0. The van der Waals surface area contributed by atoms with Crippen LogP contribution in [-0.2, 0) is 17.8 Å². The van der Waals surface area contributed by atoms with Gasteiger partial charge < -0.3 is 33.2 Å². The largest absolute Gasteiger partial charge is 0.497 e. The van der Waals surface area contributed by atoms with Crippen LogP contribution >= 0.6 is 0 Å². The van der Waals surface area contributed by atoms with Gasteiger partial charge in [0.1, 0.15) is 42.0 Å². The first kappa shape index (κ1) is 29.5. The number of rotatable bonds is 16. The molecule has 0 atom stereocenters. The second-order valence-corrected chi connectivity index (χ2v) is 9.69. The molecule has 0 saturated carbocycles. The third-order valence-electron chi connectivity index (χ3n) is 6.67. The first-order valence-electron chi connectivity index (χ1n) is 14.1. The Labute approximate surface area is 252 Å². The molecule has 0 radical (unpaired) electrons. The van der Waals surface area contributed by atoms with E-state index in [4.69, 9.17) is 28.7 Å². The van der Waals surface area contributed by atoms with E-state index < -0.39 is 0 Å². The number of hydrogen-bond acceptors (Lipinski definition) is 8. The highest BCUT2D eigenvalue weighted by Crippen LogP contribution is 2.23. The topological polar surface area (TPSA) is 80.1 Å². The minimum Gasteiger partial charge on any atom is -0.497 e. The highest BCUT2D eigenvalue weighted by Gasteiger charge is 2.12. The molecule has 0 spiro atoms. The highest BCUT2D eigenvalue weighted by molar-refractivity contribution is 5.45. The van der Waals surface area contributed by atoms with Gasteiger partial charge in [-0.15, -0.1) is 0 Å². The Morgan fingerprint density at radius 1 is 0.674 bits per heavy atom. The van der Waals surface area contributed by atoms with E-state index in [1.54, 1.807) is 32.9 Å². The number of aromatic nitrogens is 3. The first-order chi connectivity index (χ1) is 21.2. The van der Waals surface area contributed by atoms with E-state index in [0.29, 0.717) is 45.3 Å². The monoisotopic (exact) mass is 580 g/mol. The molecular formula is C34H36N4O5. The third-order valence-corrected chi connectivity index (χ3v) is 6.67. The Bertz CT molecular complexity index is 1540. The number of nitrogens with zero attached hydrogens (tertiary/aromatic N) is 4. The van der Waals surface area contributed by atoms with Crippen LogP contribution in [0.3, 0.4) is 0 Å². The van der Waals surface area contributed by atoms with E-state index in [1.165, 1.54) is 0 Å². The molecule has 0 aliphatic heterocycles. The van der Waals surface area contributed by atoms with Crippen LogP contribution in [0.1, 0.15) is 11.1 Å². The maximum atomic E-state index is 5.87. The number of benzene rings is 3. The molecule has 0 unspecified atom stereocenters. The van der Waals surface area contributed by atoms with E-state index in [2.05, 4.69) is 40.2 Å². The molecule has 9 heteroatoms. The van der Waals surface area contributed by atoms with Crippen molar-refractivity contribution in [2.75, 3.05) is 45.5 Å². The van der Waals surface area contributed by atoms with Crippen molar-refractivity contribution in [3.05, 3.63) is 121 Å². The molecule has 43 heavy (non-hydrogen) atoms. The molecule has 2 aromatic heterocycles.